The molecule has 0 bridgehead atoms. The van der Waals surface area contributed by atoms with E-state index in [0.29, 0.717) is 16.8 Å². The molecule has 0 aliphatic carbocycles. The van der Waals surface area contributed by atoms with Crippen molar-refractivity contribution in [1.29, 1.82) is 0 Å². The Hall–Kier alpha value is -2.72. The van der Waals surface area contributed by atoms with Crippen LogP contribution < -0.4 is 5.32 Å². The Kier molecular flexibility index (Phi) is 7.08. The first-order valence-electron chi connectivity index (χ1n) is 7.54. The van der Waals surface area contributed by atoms with Gasteiger partial charge in [0.05, 0.1) is 12.3 Å². The number of benzene rings is 1. The molecule has 1 amide bonds. The molecule has 0 unspecified atom stereocenters. The fraction of sp³-hybridized carbons (Fsp3) is 0.389. The SMILES string of the molecule is C=C=C(COC(=O)OCC)c1ccccc1NC(=O)OC(C)(C)C. The minimum Gasteiger partial charge on any atom is -0.444 e. The second-order valence-electron chi connectivity index (χ2n) is 5.80. The van der Waals surface area contributed by atoms with Crippen LogP contribution in [0.4, 0.5) is 15.3 Å². The molecule has 0 saturated heterocycles. The van der Waals surface area contributed by atoms with Crippen LogP contribution in [0, 0.1) is 0 Å². The van der Waals surface area contributed by atoms with E-state index in [9.17, 15) is 9.59 Å². The van der Waals surface area contributed by atoms with Gasteiger partial charge in [0, 0.05) is 11.1 Å². The molecule has 6 heteroatoms. The molecule has 130 valence electrons. The van der Waals surface area contributed by atoms with Crippen molar-refractivity contribution < 1.29 is 23.8 Å². The average Bonchev–Trinajstić information content (AvgIpc) is 2.47. The molecule has 0 radical (unpaired) electrons. The lowest BCUT2D eigenvalue weighted by Gasteiger charge is -2.20. The molecule has 0 aliphatic heterocycles. The highest BCUT2D eigenvalue weighted by atomic mass is 16.7. The molecule has 0 fully saturated rings. The smallest absolute Gasteiger partial charge is 0.444 e. The maximum absolute atomic E-state index is 12.0. The van der Waals surface area contributed by atoms with Gasteiger partial charge in [-0.05, 0) is 33.8 Å². The number of rotatable bonds is 5. The van der Waals surface area contributed by atoms with Gasteiger partial charge >= 0.3 is 12.2 Å². The largest absolute Gasteiger partial charge is 0.508 e. The first-order valence-corrected chi connectivity index (χ1v) is 7.54. The Morgan fingerprint density at radius 1 is 1.21 bits per heavy atom. The van der Waals surface area contributed by atoms with E-state index in [1.54, 1.807) is 52.0 Å². The summed E-state index contributed by atoms with van der Waals surface area (Å²) in [4.78, 5) is 23.3. The zero-order valence-corrected chi connectivity index (χ0v) is 14.5. The monoisotopic (exact) mass is 333 g/mol. The number of para-hydroxylation sites is 1. The third-order valence-electron chi connectivity index (χ3n) is 2.70. The topological polar surface area (TPSA) is 73.9 Å². The highest BCUT2D eigenvalue weighted by Gasteiger charge is 2.18. The van der Waals surface area contributed by atoms with Crippen molar-refractivity contribution in [3.8, 4) is 0 Å². The maximum Gasteiger partial charge on any atom is 0.508 e. The molecular formula is C18H23NO5. The van der Waals surface area contributed by atoms with E-state index in [-0.39, 0.29) is 13.2 Å². The number of amides is 1. The van der Waals surface area contributed by atoms with E-state index < -0.39 is 17.8 Å². The molecule has 1 aromatic rings. The van der Waals surface area contributed by atoms with Crippen LogP contribution in [0.5, 0.6) is 0 Å². The van der Waals surface area contributed by atoms with Gasteiger partial charge in [0.15, 0.2) is 0 Å². The molecule has 1 N–H and O–H groups in total. The number of ether oxygens (including phenoxy) is 3. The van der Waals surface area contributed by atoms with E-state index in [4.69, 9.17) is 14.2 Å². The lowest BCUT2D eigenvalue weighted by atomic mass is 10.1. The van der Waals surface area contributed by atoms with Gasteiger partial charge < -0.3 is 14.2 Å². The summed E-state index contributed by atoms with van der Waals surface area (Å²) in [6.07, 6.45) is -1.35. The Bertz CT molecular complexity index is 639. The van der Waals surface area contributed by atoms with Gasteiger partial charge in [-0.2, -0.15) is 0 Å². The maximum atomic E-state index is 12.0. The van der Waals surface area contributed by atoms with E-state index in [2.05, 4.69) is 17.6 Å². The predicted molar refractivity (Wildman–Crippen MR) is 91.8 cm³/mol. The van der Waals surface area contributed by atoms with Crippen LogP contribution >= 0.6 is 0 Å². The molecule has 6 nitrogen and oxygen atoms in total. The van der Waals surface area contributed by atoms with E-state index in [0.717, 1.165) is 0 Å². The van der Waals surface area contributed by atoms with Gasteiger partial charge in [0.1, 0.15) is 12.2 Å². The van der Waals surface area contributed by atoms with Crippen LogP contribution in [0.2, 0.25) is 0 Å². The van der Waals surface area contributed by atoms with E-state index in [1.807, 2.05) is 0 Å². The van der Waals surface area contributed by atoms with E-state index >= 15 is 0 Å². The molecule has 0 saturated carbocycles. The quantitative estimate of drug-likeness (QED) is 0.639. The third kappa shape index (κ3) is 6.58. The number of anilines is 1. The Morgan fingerprint density at radius 2 is 1.88 bits per heavy atom. The number of nitrogens with one attached hydrogen (secondary N) is 1. The molecule has 0 heterocycles. The average molecular weight is 333 g/mol. The van der Waals surface area contributed by atoms with Gasteiger partial charge in [0.25, 0.3) is 0 Å². The summed E-state index contributed by atoms with van der Waals surface area (Å²) in [5, 5.41) is 2.67. The van der Waals surface area contributed by atoms with Crippen LogP contribution in [0.15, 0.2) is 36.6 Å². The van der Waals surface area contributed by atoms with Crippen LogP contribution in [0.3, 0.4) is 0 Å². The van der Waals surface area contributed by atoms with Crippen molar-refractivity contribution in [1.82, 2.24) is 0 Å². The fourth-order valence-electron chi connectivity index (χ4n) is 1.78. The van der Waals surface area contributed by atoms with Gasteiger partial charge in [-0.3, -0.25) is 5.32 Å². The fourth-order valence-corrected chi connectivity index (χ4v) is 1.78. The van der Waals surface area contributed by atoms with Crippen molar-refractivity contribution in [2.75, 3.05) is 18.5 Å². The van der Waals surface area contributed by atoms with E-state index in [1.165, 1.54) is 0 Å². The first-order chi connectivity index (χ1) is 11.3. The van der Waals surface area contributed by atoms with Gasteiger partial charge in [-0.1, -0.05) is 24.8 Å². The van der Waals surface area contributed by atoms with Crippen LogP contribution in [0.25, 0.3) is 5.57 Å². The molecule has 0 aliphatic rings. The number of hydrogen-bond acceptors (Lipinski definition) is 5. The summed E-state index contributed by atoms with van der Waals surface area (Å²) in [6, 6.07) is 7.02. The standard InChI is InChI=1S/C18H23NO5/c1-6-13(12-23-17(21)22-7-2)14-10-8-9-11-15(14)19-16(20)24-18(3,4)5/h8-11H,1,7,12H2,2-5H3,(H,19,20). The predicted octanol–water partition coefficient (Wildman–Crippen LogP) is 4.38. The third-order valence-corrected chi connectivity index (χ3v) is 2.70. The van der Waals surface area contributed by atoms with Crippen molar-refractivity contribution in [2.45, 2.75) is 33.3 Å². The molecular weight excluding hydrogens is 310 g/mol. The second kappa shape index (κ2) is 8.79. The summed E-state index contributed by atoms with van der Waals surface area (Å²) in [5.74, 6) is 0. The summed E-state index contributed by atoms with van der Waals surface area (Å²) in [6.45, 7) is 10.8. The van der Waals surface area contributed by atoms with Crippen molar-refractivity contribution in [3.63, 3.8) is 0 Å². The highest BCUT2D eigenvalue weighted by molar-refractivity contribution is 5.90. The van der Waals surface area contributed by atoms with Gasteiger partial charge in [-0.25, -0.2) is 9.59 Å². The Morgan fingerprint density at radius 3 is 2.46 bits per heavy atom. The molecule has 0 aromatic heterocycles. The van der Waals surface area contributed by atoms with Crippen molar-refractivity contribution >= 4 is 23.5 Å². The summed E-state index contributed by atoms with van der Waals surface area (Å²) in [5.41, 5.74) is 3.75. The first kappa shape index (κ1) is 19.3. The molecule has 24 heavy (non-hydrogen) atoms. The summed E-state index contributed by atoms with van der Waals surface area (Å²) >= 11 is 0. The zero-order chi connectivity index (χ0) is 18.2. The summed E-state index contributed by atoms with van der Waals surface area (Å²) in [7, 11) is 0. The summed E-state index contributed by atoms with van der Waals surface area (Å²) < 4.78 is 14.9. The number of carbonyl (C=O) groups excluding carboxylic acids is 2. The molecule has 0 spiro atoms. The highest BCUT2D eigenvalue weighted by Crippen LogP contribution is 2.24. The molecule has 1 rings (SSSR count). The lowest BCUT2D eigenvalue weighted by molar-refractivity contribution is 0.0632. The lowest BCUT2D eigenvalue weighted by Crippen LogP contribution is -2.27. The number of carbonyl (C=O) groups is 2. The Labute approximate surface area is 142 Å². The zero-order valence-electron chi connectivity index (χ0n) is 14.5. The Balaban J connectivity index is 2.89. The normalized spacial score (nSPS) is 10.3. The van der Waals surface area contributed by atoms with Gasteiger partial charge in [-0.15, -0.1) is 5.73 Å². The molecule has 0 atom stereocenters. The van der Waals surface area contributed by atoms with Crippen LogP contribution in [-0.2, 0) is 14.2 Å². The molecule has 1 aromatic carbocycles. The minimum absolute atomic E-state index is 0.0741. The minimum atomic E-state index is -0.775. The number of hydrogen-bond donors (Lipinski definition) is 1. The van der Waals surface area contributed by atoms with Crippen molar-refractivity contribution in [2.24, 2.45) is 0 Å². The van der Waals surface area contributed by atoms with Crippen LogP contribution in [0.1, 0.15) is 33.3 Å². The van der Waals surface area contributed by atoms with Gasteiger partial charge in [0.2, 0.25) is 0 Å². The second-order valence-corrected chi connectivity index (χ2v) is 5.80. The van der Waals surface area contributed by atoms with Crippen molar-refractivity contribution in [3.05, 3.63) is 42.1 Å². The van der Waals surface area contributed by atoms with Crippen LogP contribution in [-0.4, -0.2) is 31.1 Å².